The van der Waals surface area contributed by atoms with Crippen molar-refractivity contribution in [3.8, 4) is 0 Å². The van der Waals surface area contributed by atoms with Crippen LogP contribution in [0.5, 0.6) is 0 Å². The lowest BCUT2D eigenvalue weighted by Gasteiger charge is -2.26. The predicted molar refractivity (Wildman–Crippen MR) is 80.9 cm³/mol. The zero-order chi connectivity index (χ0) is 14.5. The fourth-order valence-corrected chi connectivity index (χ4v) is 3.38. The third-order valence-corrected chi connectivity index (χ3v) is 5.03. The quantitative estimate of drug-likeness (QED) is 0.752. The lowest BCUT2D eigenvalue weighted by Crippen LogP contribution is -2.28. The SMILES string of the molecule is CCC(SNC(N)=O)C(CC1CC1)c1ccc(F)cc1. The predicted octanol–water partition coefficient (Wildman–Crippen LogP) is 3.80. The van der Waals surface area contributed by atoms with Gasteiger partial charge in [-0.1, -0.05) is 31.9 Å². The van der Waals surface area contributed by atoms with Gasteiger partial charge < -0.3 is 5.73 Å². The Balaban J connectivity index is 2.11. The Bertz CT molecular complexity index is 448. The van der Waals surface area contributed by atoms with Crippen LogP contribution in [0.4, 0.5) is 9.18 Å². The van der Waals surface area contributed by atoms with E-state index in [1.807, 2.05) is 12.1 Å². The maximum atomic E-state index is 13.1. The van der Waals surface area contributed by atoms with Crippen LogP contribution in [0.3, 0.4) is 0 Å². The highest BCUT2D eigenvalue weighted by Gasteiger charge is 2.31. The van der Waals surface area contributed by atoms with Gasteiger partial charge in [0.2, 0.25) is 0 Å². The Hall–Kier alpha value is -1.23. The highest BCUT2D eigenvalue weighted by Crippen LogP contribution is 2.43. The molecular weight excluding hydrogens is 275 g/mol. The molecule has 0 radical (unpaired) electrons. The van der Waals surface area contributed by atoms with Crippen LogP contribution >= 0.6 is 11.9 Å². The Morgan fingerprint density at radius 2 is 2.10 bits per heavy atom. The molecule has 1 fully saturated rings. The fraction of sp³-hybridized carbons (Fsp3) is 0.533. The summed E-state index contributed by atoms with van der Waals surface area (Å²) in [6.45, 7) is 2.10. The summed E-state index contributed by atoms with van der Waals surface area (Å²) in [5, 5.41) is 0.258. The molecule has 1 aromatic rings. The summed E-state index contributed by atoms with van der Waals surface area (Å²) in [6, 6.07) is 6.21. The van der Waals surface area contributed by atoms with Gasteiger partial charge in [-0.05, 0) is 54.3 Å². The normalized spacial score (nSPS) is 17.5. The van der Waals surface area contributed by atoms with E-state index in [-0.39, 0.29) is 11.1 Å². The molecule has 0 aromatic heterocycles. The lowest BCUT2D eigenvalue weighted by molar-refractivity contribution is 0.254. The number of amides is 2. The zero-order valence-electron chi connectivity index (χ0n) is 11.6. The standard InChI is InChI=1S/C15H21FN2OS/c1-2-14(20-18-15(17)19)13(9-10-3-4-10)11-5-7-12(16)8-6-11/h5-8,10,13-14H,2-4,9H2,1H3,(H3,17,18,19). The van der Waals surface area contributed by atoms with Crippen molar-refractivity contribution in [3.05, 3.63) is 35.6 Å². The van der Waals surface area contributed by atoms with E-state index < -0.39 is 6.03 Å². The number of hydrogen-bond acceptors (Lipinski definition) is 2. The molecule has 5 heteroatoms. The van der Waals surface area contributed by atoms with Crippen molar-refractivity contribution in [2.75, 3.05) is 0 Å². The van der Waals surface area contributed by atoms with E-state index in [9.17, 15) is 9.18 Å². The smallest absolute Gasteiger partial charge is 0.322 e. The summed E-state index contributed by atoms with van der Waals surface area (Å²) in [6.07, 6.45) is 4.58. The second kappa shape index (κ2) is 6.97. The minimum atomic E-state index is -0.516. The van der Waals surface area contributed by atoms with Gasteiger partial charge in [-0.2, -0.15) is 0 Å². The second-order valence-corrected chi connectivity index (χ2v) is 6.41. The van der Waals surface area contributed by atoms with E-state index in [2.05, 4.69) is 11.6 Å². The molecule has 110 valence electrons. The van der Waals surface area contributed by atoms with Crippen molar-refractivity contribution in [1.82, 2.24) is 4.72 Å². The molecule has 2 amide bonds. The van der Waals surface area contributed by atoms with Gasteiger partial charge >= 0.3 is 6.03 Å². The summed E-state index contributed by atoms with van der Waals surface area (Å²) in [4.78, 5) is 10.9. The first-order valence-corrected chi connectivity index (χ1v) is 7.94. The number of hydrogen-bond donors (Lipinski definition) is 2. The van der Waals surface area contributed by atoms with Crippen molar-refractivity contribution in [2.24, 2.45) is 11.7 Å². The first kappa shape index (κ1) is 15.2. The largest absolute Gasteiger partial charge is 0.351 e. The van der Waals surface area contributed by atoms with E-state index in [1.54, 1.807) is 0 Å². The van der Waals surface area contributed by atoms with Gasteiger partial charge in [0.05, 0.1) is 0 Å². The molecule has 0 spiro atoms. The Labute approximate surface area is 123 Å². The van der Waals surface area contributed by atoms with E-state index in [1.165, 1.54) is 36.9 Å². The molecule has 1 aliphatic carbocycles. The molecule has 20 heavy (non-hydrogen) atoms. The molecule has 1 aliphatic rings. The van der Waals surface area contributed by atoms with Gasteiger partial charge in [0.15, 0.2) is 0 Å². The molecular formula is C15H21FN2OS. The first-order valence-electron chi connectivity index (χ1n) is 7.06. The molecule has 2 unspecified atom stereocenters. The van der Waals surface area contributed by atoms with Crippen molar-refractivity contribution >= 4 is 18.0 Å². The van der Waals surface area contributed by atoms with Crippen molar-refractivity contribution in [1.29, 1.82) is 0 Å². The van der Waals surface area contributed by atoms with Crippen LogP contribution in [0.2, 0.25) is 0 Å². The monoisotopic (exact) mass is 296 g/mol. The van der Waals surface area contributed by atoms with Crippen LogP contribution in [0.25, 0.3) is 0 Å². The zero-order valence-corrected chi connectivity index (χ0v) is 12.5. The Morgan fingerprint density at radius 3 is 2.60 bits per heavy atom. The topological polar surface area (TPSA) is 55.1 Å². The third-order valence-electron chi connectivity index (χ3n) is 3.74. The third kappa shape index (κ3) is 4.40. The van der Waals surface area contributed by atoms with Crippen LogP contribution in [0.15, 0.2) is 24.3 Å². The van der Waals surface area contributed by atoms with Crippen molar-refractivity contribution in [2.45, 2.75) is 43.8 Å². The average molecular weight is 296 g/mol. The molecule has 2 rings (SSSR count). The molecule has 0 heterocycles. The van der Waals surface area contributed by atoms with Crippen LogP contribution in [0.1, 0.15) is 44.1 Å². The number of rotatable bonds is 7. The number of benzene rings is 1. The van der Waals surface area contributed by atoms with E-state index in [0.717, 1.165) is 24.3 Å². The Kier molecular flexibility index (Phi) is 5.29. The summed E-state index contributed by atoms with van der Waals surface area (Å²) in [5.74, 6) is 0.883. The van der Waals surface area contributed by atoms with Crippen LogP contribution < -0.4 is 10.5 Å². The van der Waals surface area contributed by atoms with E-state index in [4.69, 9.17) is 5.73 Å². The maximum absolute atomic E-state index is 13.1. The Morgan fingerprint density at radius 1 is 1.45 bits per heavy atom. The summed E-state index contributed by atoms with van der Waals surface area (Å²) in [5.41, 5.74) is 6.29. The molecule has 1 saturated carbocycles. The van der Waals surface area contributed by atoms with Crippen LogP contribution in [-0.4, -0.2) is 11.3 Å². The minimum Gasteiger partial charge on any atom is -0.351 e. The van der Waals surface area contributed by atoms with Gasteiger partial charge in [0, 0.05) is 5.25 Å². The van der Waals surface area contributed by atoms with Gasteiger partial charge in [-0.3, -0.25) is 4.72 Å². The molecule has 2 atom stereocenters. The minimum absolute atomic E-state index is 0.213. The molecule has 0 bridgehead atoms. The number of nitrogens with two attached hydrogens (primary N) is 1. The van der Waals surface area contributed by atoms with Crippen molar-refractivity contribution in [3.63, 3.8) is 0 Å². The number of carbonyl (C=O) groups is 1. The van der Waals surface area contributed by atoms with Crippen molar-refractivity contribution < 1.29 is 9.18 Å². The summed E-state index contributed by atoms with van der Waals surface area (Å²) in [7, 11) is 0. The average Bonchev–Trinajstić information content (AvgIpc) is 3.23. The molecule has 0 saturated heterocycles. The number of urea groups is 1. The van der Waals surface area contributed by atoms with E-state index in [0.29, 0.717) is 5.92 Å². The fourth-order valence-electron chi connectivity index (χ4n) is 2.51. The summed E-state index contributed by atoms with van der Waals surface area (Å²) >= 11 is 1.39. The highest BCUT2D eigenvalue weighted by molar-refractivity contribution is 7.98. The van der Waals surface area contributed by atoms with Gasteiger partial charge in [0.25, 0.3) is 0 Å². The number of primary amides is 1. The van der Waals surface area contributed by atoms with Gasteiger partial charge in [-0.15, -0.1) is 0 Å². The first-order chi connectivity index (χ1) is 9.60. The lowest BCUT2D eigenvalue weighted by atomic mass is 9.89. The molecule has 3 nitrogen and oxygen atoms in total. The van der Waals surface area contributed by atoms with E-state index >= 15 is 0 Å². The molecule has 1 aromatic carbocycles. The van der Waals surface area contributed by atoms with Crippen LogP contribution in [0, 0.1) is 11.7 Å². The maximum Gasteiger partial charge on any atom is 0.322 e. The summed E-state index contributed by atoms with van der Waals surface area (Å²) < 4.78 is 15.7. The molecule has 3 N–H and O–H groups in total. The van der Waals surface area contributed by atoms with Crippen LogP contribution in [-0.2, 0) is 0 Å². The number of carbonyl (C=O) groups excluding carboxylic acids is 1. The number of nitrogens with one attached hydrogen (secondary N) is 1. The van der Waals surface area contributed by atoms with Gasteiger partial charge in [0.1, 0.15) is 5.82 Å². The molecule has 0 aliphatic heterocycles. The second-order valence-electron chi connectivity index (χ2n) is 5.37. The number of halogens is 1. The highest BCUT2D eigenvalue weighted by atomic mass is 32.2. The van der Waals surface area contributed by atoms with Gasteiger partial charge in [-0.25, -0.2) is 9.18 Å².